The topological polar surface area (TPSA) is 110 Å². The van der Waals surface area contributed by atoms with Gasteiger partial charge < -0.3 is 9.84 Å². The molecule has 1 atom stereocenters. The summed E-state index contributed by atoms with van der Waals surface area (Å²) in [4.78, 5) is 3.82. The fraction of sp³-hybridized carbons (Fsp3) is 0.206. The number of halogens is 4. The molecule has 3 aromatic carbocycles. The highest BCUT2D eigenvalue weighted by atomic mass is 19.3. The number of aromatic nitrogens is 5. The molecule has 0 radical (unpaired) electrons. The summed E-state index contributed by atoms with van der Waals surface area (Å²) in [6.45, 7) is -0.570. The number of nitrogens with zero attached hydrogens (tertiary/aromatic N) is 6. The Kier molecular flexibility index (Phi) is 9.70. The highest BCUT2D eigenvalue weighted by molar-refractivity contribution is 5.44. The molecular weight excluding hydrogens is 600 g/mol. The summed E-state index contributed by atoms with van der Waals surface area (Å²) in [5.74, 6) is -0.105. The summed E-state index contributed by atoms with van der Waals surface area (Å²) in [7, 11) is 0. The molecule has 0 aliphatic carbocycles. The first-order valence-electron chi connectivity index (χ1n) is 14.1. The zero-order chi connectivity index (χ0) is 32.6. The summed E-state index contributed by atoms with van der Waals surface area (Å²) in [5.41, 5.74) is -1.82. The van der Waals surface area contributed by atoms with E-state index >= 15 is 8.78 Å². The molecule has 5 aromatic rings. The number of hydrogen-bond donors (Lipinski definition) is 1. The van der Waals surface area contributed by atoms with Crippen LogP contribution < -0.4 is 4.74 Å². The van der Waals surface area contributed by atoms with Crippen LogP contribution in [0.25, 0.3) is 0 Å². The minimum absolute atomic E-state index is 0.313. The Balaban J connectivity index is 1.26. The summed E-state index contributed by atoms with van der Waals surface area (Å²) in [6, 6.07) is 21.4. The van der Waals surface area contributed by atoms with E-state index in [4.69, 9.17) is 10.00 Å². The minimum atomic E-state index is -4.17. The largest absolute Gasteiger partial charge is 0.489 e. The molecule has 0 aliphatic rings. The second-order valence-electron chi connectivity index (χ2n) is 10.4. The molecular formula is C34H26F4N6O2. The predicted octanol–water partition coefficient (Wildman–Crippen LogP) is 5.85. The van der Waals surface area contributed by atoms with Crippen LogP contribution in [-0.4, -0.2) is 30.3 Å². The minimum Gasteiger partial charge on any atom is -0.489 e. The molecule has 1 N–H and O–H groups in total. The number of rotatable bonds is 11. The SMILES string of the molecule is N#CCCCc1ccc(COc2ccc(C#Cc3ccc(C(F)(F)C(O)(Cn4cnnn4)c4ccc(F)cc4F)nc3)cc2)cc1. The van der Waals surface area contributed by atoms with Gasteiger partial charge in [-0.05, 0) is 82.9 Å². The number of tetrazole rings is 1. The molecule has 0 bridgehead atoms. The van der Waals surface area contributed by atoms with Gasteiger partial charge in [0.2, 0.25) is 0 Å². The van der Waals surface area contributed by atoms with Crippen LogP contribution in [0.3, 0.4) is 0 Å². The number of pyridine rings is 1. The van der Waals surface area contributed by atoms with Gasteiger partial charge in [0, 0.05) is 35.4 Å². The van der Waals surface area contributed by atoms with Crippen molar-refractivity contribution in [1.82, 2.24) is 25.2 Å². The first kappa shape index (κ1) is 31.8. The standard InChI is InChI=1S/C34H26F4N6O2/c35-28-13-16-30(31(36)19-28)33(45,22-44-23-41-42-43-44)34(37,38)32-17-12-26(20-40-32)7-4-25-10-14-29(15-11-25)46-21-27-8-5-24(6-9-27)3-1-2-18-39/h5-6,8-17,19-20,23,45H,1-3,21-22H2. The Morgan fingerprint density at radius 2 is 1.61 bits per heavy atom. The molecule has 0 aliphatic heterocycles. The van der Waals surface area contributed by atoms with Gasteiger partial charge in [0.25, 0.3) is 0 Å². The molecule has 232 valence electrons. The number of nitriles is 1. The van der Waals surface area contributed by atoms with E-state index in [2.05, 4.69) is 38.4 Å². The third kappa shape index (κ3) is 7.37. The van der Waals surface area contributed by atoms with Crippen molar-refractivity contribution in [1.29, 1.82) is 5.26 Å². The van der Waals surface area contributed by atoms with Crippen molar-refractivity contribution >= 4 is 0 Å². The molecule has 2 heterocycles. The van der Waals surface area contributed by atoms with Crippen molar-refractivity contribution in [3.05, 3.63) is 137 Å². The number of ether oxygens (including phenoxy) is 1. The van der Waals surface area contributed by atoms with E-state index in [1.54, 1.807) is 24.3 Å². The lowest BCUT2D eigenvalue weighted by Gasteiger charge is -2.35. The van der Waals surface area contributed by atoms with Crippen molar-refractivity contribution in [2.24, 2.45) is 0 Å². The molecule has 5 rings (SSSR count). The highest BCUT2D eigenvalue weighted by Gasteiger charge is 2.58. The normalized spacial score (nSPS) is 12.4. The second kappa shape index (κ2) is 14.0. The zero-order valence-corrected chi connectivity index (χ0v) is 24.2. The first-order valence-corrected chi connectivity index (χ1v) is 14.1. The quantitative estimate of drug-likeness (QED) is 0.111. The van der Waals surface area contributed by atoms with Crippen LogP contribution in [-0.2, 0) is 31.1 Å². The third-order valence-electron chi connectivity index (χ3n) is 7.15. The lowest BCUT2D eigenvalue weighted by Crippen LogP contribution is -2.48. The van der Waals surface area contributed by atoms with Crippen LogP contribution in [0.15, 0.2) is 91.4 Å². The molecule has 0 saturated carbocycles. The molecule has 46 heavy (non-hydrogen) atoms. The molecule has 0 saturated heterocycles. The summed E-state index contributed by atoms with van der Waals surface area (Å²) < 4.78 is 66.8. The van der Waals surface area contributed by atoms with E-state index in [-0.39, 0.29) is 0 Å². The van der Waals surface area contributed by atoms with E-state index in [1.807, 2.05) is 24.3 Å². The molecule has 0 spiro atoms. The maximum Gasteiger partial charge on any atom is 0.323 e. The van der Waals surface area contributed by atoms with Gasteiger partial charge >= 0.3 is 5.92 Å². The van der Waals surface area contributed by atoms with Gasteiger partial charge in [0.05, 0.1) is 12.6 Å². The number of benzene rings is 3. The summed E-state index contributed by atoms with van der Waals surface area (Å²) >= 11 is 0. The number of aliphatic hydroxyl groups is 1. The first-order chi connectivity index (χ1) is 22.2. The average molecular weight is 627 g/mol. The zero-order valence-electron chi connectivity index (χ0n) is 24.2. The Hall–Kier alpha value is -5.59. The lowest BCUT2D eigenvalue weighted by atomic mass is 9.84. The Labute approximate surface area is 261 Å². The number of alkyl halides is 2. The smallest absolute Gasteiger partial charge is 0.323 e. The maximum atomic E-state index is 15.9. The van der Waals surface area contributed by atoms with Gasteiger partial charge in [-0.2, -0.15) is 14.0 Å². The van der Waals surface area contributed by atoms with Gasteiger partial charge in [-0.3, -0.25) is 4.98 Å². The van der Waals surface area contributed by atoms with Crippen molar-refractivity contribution in [3.8, 4) is 23.7 Å². The van der Waals surface area contributed by atoms with Crippen molar-refractivity contribution < 1.29 is 27.4 Å². The van der Waals surface area contributed by atoms with Gasteiger partial charge in [0.1, 0.15) is 36.0 Å². The molecule has 0 fully saturated rings. The highest BCUT2D eigenvalue weighted by Crippen LogP contribution is 2.46. The summed E-state index contributed by atoms with van der Waals surface area (Å²) in [6.07, 6.45) is 4.31. The molecule has 0 amide bonds. The van der Waals surface area contributed by atoms with E-state index in [1.165, 1.54) is 11.6 Å². The van der Waals surface area contributed by atoms with Crippen LogP contribution in [0.1, 0.15) is 46.4 Å². The summed E-state index contributed by atoms with van der Waals surface area (Å²) in [5, 5.41) is 30.2. The average Bonchev–Trinajstić information content (AvgIpc) is 3.57. The van der Waals surface area contributed by atoms with E-state index in [0.717, 1.165) is 53.8 Å². The van der Waals surface area contributed by atoms with Gasteiger partial charge in [0.15, 0.2) is 5.60 Å². The van der Waals surface area contributed by atoms with Crippen LogP contribution in [0.2, 0.25) is 0 Å². The van der Waals surface area contributed by atoms with Crippen molar-refractivity contribution in [2.75, 3.05) is 0 Å². The number of hydrogen-bond acceptors (Lipinski definition) is 7. The molecule has 8 nitrogen and oxygen atoms in total. The van der Waals surface area contributed by atoms with Gasteiger partial charge in [-0.1, -0.05) is 36.1 Å². The van der Waals surface area contributed by atoms with E-state index in [0.29, 0.717) is 36.0 Å². The molecule has 12 heteroatoms. The van der Waals surface area contributed by atoms with Crippen molar-refractivity contribution in [3.63, 3.8) is 0 Å². The molecule has 1 unspecified atom stereocenters. The van der Waals surface area contributed by atoms with Crippen LogP contribution in [0.4, 0.5) is 17.6 Å². The van der Waals surface area contributed by atoms with E-state index in [9.17, 15) is 13.9 Å². The van der Waals surface area contributed by atoms with Gasteiger partial charge in [-0.15, -0.1) is 5.10 Å². The maximum absolute atomic E-state index is 15.9. The monoisotopic (exact) mass is 626 g/mol. The van der Waals surface area contributed by atoms with Crippen LogP contribution >= 0.6 is 0 Å². The van der Waals surface area contributed by atoms with Crippen LogP contribution in [0, 0.1) is 34.8 Å². The predicted molar refractivity (Wildman–Crippen MR) is 158 cm³/mol. The fourth-order valence-corrected chi connectivity index (χ4v) is 4.65. The molecule has 2 aromatic heterocycles. The Bertz CT molecular complexity index is 1870. The Morgan fingerprint density at radius 3 is 2.26 bits per heavy atom. The van der Waals surface area contributed by atoms with Crippen LogP contribution in [0.5, 0.6) is 5.75 Å². The number of unbranched alkanes of at least 4 members (excludes halogenated alkanes) is 1. The van der Waals surface area contributed by atoms with E-state index < -0.39 is 41.0 Å². The van der Waals surface area contributed by atoms with Gasteiger partial charge in [-0.25, -0.2) is 13.5 Å². The third-order valence-corrected chi connectivity index (χ3v) is 7.15. The Morgan fingerprint density at radius 1 is 0.891 bits per heavy atom. The number of aryl methyl sites for hydroxylation is 1. The lowest BCUT2D eigenvalue weighted by molar-refractivity contribution is -0.207. The van der Waals surface area contributed by atoms with Crippen molar-refractivity contribution in [2.45, 2.75) is 43.9 Å². The fourth-order valence-electron chi connectivity index (χ4n) is 4.65. The second-order valence-corrected chi connectivity index (χ2v) is 10.4.